The number of rotatable bonds is 1. The Kier molecular flexibility index (Phi) is 2.69. The van der Waals surface area contributed by atoms with E-state index >= 15 is 0 Å². The third-order valence-corrected chi connectivity index (χ3v) is 3.58. The molecule has 0 atom stereocenters. The summed E-state index contributed by atoms with van der Waals surface area (Å²) in [5, 5.41) is 0.720. The van der Waals surface area contributed by atoms with Crippen LogP contribution >= 0.6 is 11.3 Å². The van der Waals surface area contributed by atoms with E-state index in [2.05, 4.69) is 0 Å². The van der Waals surface area contributed by atoms with Crippen LogP contribution in [0.25, 0.3) is 10.2 Å². The Morgan fingerprint density at radius 3 is 2.56 bits per heavy atom. The van der Waals surface area contributed by atoms with Crippen LogP contribution in [0, 0.1) is 0 Å². The first-order valence-electron chi connectivity index (χ1n) is 4.71. The molecular weight excluding hydrogens is 269 g/mol. The standard InChI is InChI=1S/C10H7F3N2O2S/c1-15-8(17)5(7(14)16)2-4-6(10(11,12)13)3-18-9(4)15/h2-3H,1H3,(H2,14,16). The van der Waals surface area contributed by atoms with Crippen molar-refractivity contribution in [2.24, 2.45) is 12.8 Å². The lowest BCUT2D eigenvalue weighted by Crippen LogP contribution is -2.27. The van der Waals surface area contributed by atoms with E-state index in [0.29, 0.717) is 0 Å². The smallest absolute Gasteiger partial charge is 0.365 e. The molecule has 0 radical (unpaired) electrons. The highest BCUT2D eigenvalue weighted by molar-refractivity contribution is 7.17. The Morgan fingerprint density at radius 2 is 2.06 bits per heavy atom. The fourth-order valence-electron chi connectivity index (χ4n) is 1.63. The Labute approximate surface area is 102 Å². The van der Waals surface area contributed by atoms with Gasteiger partial charge in [0.25, 0.3) is 11.5 Å². The third kappa shape index (κ3) is 1.78. The first-order valence-corrected chi connectivity index (χ1v) is 5.59. The van der Waals surface area contributed by atoms with Crippen molar-refractivity contribution < 1.29 is 18.0 Å². The van der Waals surface area contributed by atoms with E-state index in [9.17, 15) is 22.8 Å². The van der Waals surface area contributed by atoms with Gasteiger partial charge >= 0.3 is 6.18 Å². The maximum absolute atomic E-state index is 12.7. The lowest BCUT2D eigenvalue weighted by atomic mass is 10.1. The van der Waals surface area contributed by atoms with Crippen LogP contribution in [-0.2, 0) is 13.2 Å². The van der Waals surface area contributed by atoms with Crippen LogP contribution in [0.15, 0.2) is 16.2 Å². The summed E-state index contributed by atoms with van der Waals surface area (Å²) in [5.41, 5.74) is 2.94. The van der Waals surface area contributed by atoms with Crippen LogP contribution in [0.2, 0.25) is 0 Å². The minimum Gasteiger partial charge on any atom is -0.365 e. The summed E-state index contributed by atoms with van der Waals surface area (Å²) >= 11 is 0.793. The van der Waals surface area contributed by atoms with Crippen molar-refractivity contribution in [2.45, 2.75) is 6.18 Å². The minimum atomic E-state index is -4.54. The molecule has 2 heterocycles. The molecule has 0 aliphatic heterocycles. The van der Waals surface area contributed by atoms with E-state index in [0.717, 1.165) is 27.4 Å². The molecule has 0 unspecified atom stereocenters. The second-order valence-corrected chi connectivity index (χ2v) is 4.51. The van der Waals surface area contributed by atoms with Crippen LogP contribution in [0.3, 0.4) is 0 Å². The van der Waals surface area contributed by atoms with Gasteiger partial charge in [0.1, 0.15) is 10.4 Å². The number of hydrogen-bond donors (Lipinski definition) is 1. The summed E-state index contributed by atoms with van der Waals surface area (Å²) in [4.78, 5) is 22.9. The Balaban J connectivity index is 2.92. The number of aromatic nitrogens is 1. The number of thiophene rings is 1. The number of hydrogen-bond acceptors (Lipinski definition) is 3. The minimum absolute atomic E-state index is 0.150. The van der Waals surface area contributed by atoms with E-state index in [4.69, 9.17) is 5.73 Å². The molecule has 2 aromatic heterocycles. The monoisotopic (exact) mass is 276 g/mol. The number of nitrogens with two attached hydrogens (primary N) is 1. The number of alkyl halides is 3. The van der Waals surface area contributed by atoms with Gasteiger partial charge in [-0.3, -0.25) is 9.59 Å². The molecule has 2 N–H and O–H groups in total. The molecule has 0 saturated carbocycles. The van der Waals surface area contributed by atoms with Crippen molar-refractivity contribution in [3.63, 3.8) is 0 Å². The molecule has 8 heteroatoms. The molecule has 96 valence electrons. The van der Waals surface area contributed by atoms with Gasteiger partial charge in [0.15, 0.2) is 0 Å². The van der Waals surface area contributed by atoms with Gasteiger partial charge in [0, 0.05) is 17.8 Å². The maximum atomic E-state index is 12.7. The molecule has 2 aromatic rings. The van der Waals surface area contributed by atoms with Crippen molar-refractivity contribution in [1.29, 1.82) is 0 Å². The van der Waals surface area contributed by atoms with Gasteiger partial charge in [-0.15, -0.1) is 11.3 Å². The normalized spacial score (nSPS) is 12.0. The van der Waals surface area contributed by atoms with Crippen molar-refractivity contribution in [3.8, 4) is 0 Å². The van der Waals surface area contributed by atoms with E-state index in [-0.39, 0.29) is 10.2 Å². The Hall–Kier alpha value is -1.83. The predicted octanol–water partition coefficient (Wildman–Crippen LogP) is 1.72. The average molecular weight is 276 g/mol. The molecule has 0 saturated heterocycles. The van der Waals surface area contributed by atoms with Crippen molar-refractivity contribution >= 4 is 27.5 Å². The van der Waals surface area contributed by atoms with Crippen molar-refractivity contribution in [3.05, 3.63) is 32.9 Å². The Bertz CT molecular complexity index is 699. The van der Waals surface area contributed by atoms with Gasteiger partial charge in [-0.1, -0.05) is 0 Å². The topological polar surface area (TPSA) is 65.1 Å². The molecule has 0 fully saturated rings. The molecular formula is C10H7F3N2O2S. The number of nitrogens with zero attached hydrogens (tertiary/aromatic N) is 1. The Morgan fingerprint density at radius 1 is 1.44 bits per heavy atom. The number of carbonyl (C=O) groups is 1. The summed E-state index contributed by atoms with van der Waals surface area (Å²) in [7, 11) is 1.30. The summed E-state index contributed by atoms with van der Waals surface area (Å²) < 4.78 is 39.2. The van der Waals surface area contributed by atoms with Crippen LogP contribution in [0.5, 0.6) is 0 Å². The molecule has 4 nitrogen and oxygen atoms in total. The van der Waals surface area contributed by atoms with Crippen LogP contribution in [0.4, 0.5) is 13.2 Å². The predicted molar refractivity (Wildman–Crippen MR) is 60.6 cm³/mol. The fourth-order valence-corrected chi connectivity index (χ4v) is 2.66. The van der Waals surface area contributed by atoms with Crippen molar-refractivity contribution in [2.75, 3.05) is 0 Å². The van der Waals surface area contributed by atoms with Gasteiger partial charge < -0.3 is 10.3 Å². The SMILES string of the molecule is Cn1c(=O)c(C(N)=O)cc2c(C(F)(F)F)csc21. The molecule has 2 rings (SSSR count). The number of aryl methyl sites for hydroxylation is 1. The summed E-state index contributed by atoms with van der Waals surface area (Å²) in [6, 6.07) is 0.902. The lowest BCUT2D eigenvalue weighted by molar-refractivity contribution is -0.136. The van der Waals surface area contributed by atoms with Gasteiger partial charge in [-0.25, -0.2) is 0 Å². The van der Waals surface area contributed by atoms with Gasteiger partial charge in [-0.2, -0.15) is 13.2 Å². The molecule has 0 bridgehead atoms. The van der Waals surface area contributed by atoms with E-state index in [1.54, 1.807) is 0 Å². The van der Waals surface area contributed by atoms with E-state index < -0.39 is 28.8 Å². The average Bonchev–Trinajstić information content (AvgIpc) is 2.66. The number of primary amides is 1. The highest BCUT2D eigenvalue weighted by atomic mass is 32.1. The summed E-state index contributed by atoms with van der Waals surface area (Å²) in [6.07, 6.45) is -4.54. The van der Waals surface area contributed by atoms with E-state index in [1.165, 1.54) is 7.05 Å². The number of pyridine rings is 1. The maximum Gasteiger partial charge on any atom is 0.417 e. The third-order valence-electron chi connectivity index (χ3n) is 2.51. The molecule has 0 aromatic carbocycles. The number of carbonyl (C=O) groups excluding carboxylic acids is 1. The zero-order valence-corrected chi connectivity index (χ0v) is 9.85. The van der Waals surface area contributed by atoms with Crippen LogP contribution in [0.1, 0.15) is 15.9 Å². The first-order chi connectivity index (χ1) is 8.23. The van der Waals surface area contributed by atoms with E-state index in [1.807, 2.05) is 0 Å². The lowest BCUT2D eigenvalue weighted by Gasteiger charge is -2.07. The summed E-state index contributed by atoms with van der Waals surface area (Å²) in [6.45, 7) is 0. The highest BCUT2D eigenvalue weighted by Crippen LogP contribution is 2.37. The zero-order valence-electron chi connectivity index (χ0n) is 9.04. The first kappa shape index (κ1) is 12.6. The summed E-state index contributed by atoms with van der Waals surface area (Å²) in [5.74, 6) is -1.04. The van der Waals surface area contributed by atoms with Crippen LogP contribution in [-0.4, -0.2) is 10.5 Å². The van der Waals surface area contributed by atoms with Crippen molar-refractivity contribution in [1.82, 2.24) is 4.57 Å². The second kappa shape index (κ2) is 3.84. The van der Waals surface area contributed by atoms with Gasteiger partial charge in [0.2, 0.25) is 0 Å². The molecule has 0 aliphatic carbocycles. The number of fused-ring (bicyclic) bond motifs is 1. The van der Waals surface area contributed by atoms with Crippen LogP contribution < -0.4 is 11.3 Å². The second-order valence-electron chi connectivity index (χ2n) is 3.65. The number of halogens is 3. The number of amides is 1. The molecule has 18 heavy (non-hydrogen) atoms. The fraction of sp³-hybridized carbons (Fsp3) is 0.200. The molecule has 0 spiro atoms. The molecule has 0 aliphatic rings. The largest absolute Gasteiger partial charge is 0.417 e. The zero-order chi connectivity index (χ0) is 13.7. The highest BCUT2D eigenvalue weighted by Gasteiger charge is 2.34. The van der Waals surface area contributed by atoms with Gasteiger partial charge in [0.05, 0.1) is 5.56 Å². The molecule has 1 amide bonds. The van der Waals surface area contributed by atoms with Gasteiger partial charge in [-0.05, 0) is 6.07 Å². The quantitative estimate of drug-likeness (QED) is 0.861.